The minimum Gasteiger partial charge on any atom is -0.396 e. The van der Waals surface area contributed by atoms with Crippen LogP contribution in [-0.2, 0) is 4.79 Å². The van der Waals surface area contributed by atoms with Crippen LogP contribution in [0.15, 0.2) is 23.8 Å². The molecule has 0 bridgehead atoms. The molecule has 0 unspecified atom stereocenters. The number of carbonyl (C=O) groups excluding carboxylic acids is 1. The molecule has 2 aliphatic rings. The van der Waals surface area contributed by atoms with Gasteiger partial charge in [-0.3, -0.25) is 0 Å². The largest absolute Gasteiger partial charge is 0.396 e. The van der Waals surface area contributed by atoms with Crippen LogP contribution in [-0.4, -0.2) is 29.2 Å². The molecule has 2 rings (SSSR count). The van der Waals surface area contributed by atoms with Gasteiger partial charge >= 0.3 is 0 Å². The summed E-state index contributed by atoms with van der Waals surface area (Å²) in [5.74, 6) is 1.50. The van der Waals surface area contributed by atoms with E-state index in [-0.39, 0.29) is 6.10 Å². The van der Waals surface area contributed by atoms with Crippen molar-refractivity contribution in [2.75, 3.05) is 6.61 Å². The molecule has 0 amide bonds. The van der Waals surface area contributed by atoms with Gasteiger partial charge in [0.2, 0.25) is 0 Å². The Morgan fingerprint density at radius 1 is 1.04 bits per heavy atom. The van der Waals surface area contributed by atoms with Crippen LogP contribution < -0.4 is 0 Å². The van der Waals surface area contributed by atoms with E-state index in [4.69, 9.17) is 5.11 Å². The predicted molar refractivity (Wildman–Crippen MR) is 102 cm³/mol. The highest BCUT2D eigenvalue weighted by atomic mass is 16.3. The molecule has 0 aromatic heterocycles. The summed E-state index contributed by atoms with van der Waals surface area (Å²) >= 11 is 0. The lowest BCUT2D eigenvalue weighted by molar-refractivity contribution is -0.107. The van der Waals surface area contributed by atoms with Gasteiger partial charge in [-0.15, -0.1) is 0 Å². The van der Waals surface area contributed by atoms with E-state index in [0.29, 0.717) is 30.8 Å². The minimum atomic E-state index is -0.175. The van der Waals surface area contributed by atoms with Gasteiger partial charge in [0.1, 0.15) is 6.29 Å². The first-order valence-corrected chi connectivity index (χ1v) is 10.3. The molecule has 4 atom stereocenters. The van der Waals surface area contributed by atoms with Gasteiger partial charge in [0, 0.05) is 18.9 Å². The van der Waals surface area contributed by atoms with E-state index in [1.165, 1.54) is 25.7 Å². The first kappa shape index (κ1) is 20.4. The van der Waals surface area contributed by atoms with E-state index in [1.807, 2.05) is 0 Å². The van der Waals surface area contributed by atoms with Crippen LogP contribution in [0.2, 0.25) is 0 Å². The average molecular weight is 349 g/mol. The number of unbranched alkanes of at least 4 members (excludes halogenated alkanes) is 7. The predicted octanol–water partition coefficient (Wildman–Crippen LogP) is 4.58. The van der Waals surface area contributed by atoms with Crippen LogP contribution in [0.3, 0.4) is 0 Å². The molecule has 25 heavy (non-hydrogen) atoms. The summed E-state index contributed by atoms with van der Waals surface area (Å²) in [6.45, 7) is 0.306. The molecule has 1 fully saturated rings. The summed E-state index contributed by atoms with van der Waals surface area (Å²) in [5, 5.41) is 19.2. The molecule has 0 saturated heterocycles. The summed E-state index contributed by atoms with van der Waals surface area (Å²) in [6, 6.07) is 0. The number of aliphatic hydroxyl groups is 2. The molecule has 0 heterocycles. The highest BCUT2D eigenvalue weighted by Gasteiger charge is 2.42. The number of carbonyl (C=O) groups is 1. The number of hydrogen-bond acceptors (Lipinski definition) is 3. The lowest BCUT2D eigenvalue weighted by atomic mass is 9.88. The van der Waals surface area contributed by atoms with Crippen LogP contribution >= 0.6 is 0 Å². The molecule has 0 radical (unpaired) electrons. The fourth-order valence-electron chi connectivity index (χ4n) is 4.53. The Kier molecular flexibility index (Phi) is 9.49. The Hall–Kier alpha value is -0.930. The van der Waals surface area contributed by atoms with Crippen molar-refractivity contribution in [3.63, 3.8) is 0 Å². The number of allylic oxidation sites excluding steroid dienone is 3. The van der Waals surface area contributed by atoms with Crippen molar-refractivity contribution in [3.8, 4) is 0 Å². The second-order valence-electron chi connectivity index (χ2n) is 7.86. The highest BCUT2D eigenvalue weighted by Crippen LogP contribution is 2.48. The van der Waals surface area contributed by atoms with Crippen molar-refractivity contribution in [1.82, 2.24) is 0 Å². The van der Waals surface area contributed by atoms with E-state index in [1.54, 1.807) is 5.57 Å². The molecule has 2 N–H and O–H groups in total. The van der Waals surface area contributed by atoms with Crippen LogP contribution in [0.25, 0.3) is 0 Å². The fraction of sp³-hybridized carbons (Fsp3) is 0.773. The molecule has 0 aromatic carbocycles. The number of hydrogen-bond donors (Lipinski definition) is 2. The Morgan fingerprint density at radius 2 is 1.80 bits per heavy atom. The average Bonchev–Trinajstić information content (AvgIpc) is 3.11. The maximum Gasteiger partial charge on any atom is 0.119 e. The number of rotatable bonds is 13. The van der Waals surface area contributed by atoms with E-state index in [0.717, 1.165) is 51.2 Å². The van der Waals surface area contributed by atoms with Gasteiger partial charge < -0.3 is 15.0 Å². The molecule has 0 spiro atoms. The molecule has 0 aromatic rings. The molecule has 3 heteroatoms. The van der Waals surface area contributed by atoms with Gasteiger partial charge in [0.15, 0.2) is 0 Å². The first-order valence-electron chi connectivity index (χ1n) is 10.3. The van der Waals surface area contributed by atoms with Crippen LogP contribution in [0.1, 0.15) is 77.0 Å². The SMILES string of the molecule is O=CCCCCCCC=C[C@@H]1[C@@H]2CC(CCCCCO)=C[C@@H]2C[C@H]1O. The van der Waals surface area contributed by atoms with E-state index in [2.05, 4.69) is 18.2 Å². The second kappa shape index (κ2) is 11.6. The Bertz CT molecular complexity index is 441. The highest BCUT2D eigenvalue weighted by molar-refractivity contribution is 5.48. The van der Waals surface area contributed by atoms with Gasteiger partial charge in [-0.1, -0.05) is 43.1 Å². The van der Waals surface area contributed by atoms with Gasteiger partial charge in [0.25, 0.3) is 0 Å². The zero-order valence-electron chi connectivity index (χ0n) is 15.6. The molecule has 1 saturated carbocycles. The van der Waals surface area contributed by atoms with Crippen LogP contribution in [0.4, 0.5) is 0 Å². The number of aliphatic hydroxyl groups excluding tert-OH is 2. The Labute approximate surface area is 153 Å². The molecular weight excluding hydrogens is 312 g/mol. The zero-order chi connectivity index (χ0) is 17.9. The summed E-state index contributed by atoms with van der Waals surface area (Å²) in [6.07, 6.45) is 20.6. The molecule has 3 nitrogen and oxygen atoms in total. The van der Waals surface area contributed by atoms with E-state index < -0.39 is 0 Å². The topological polar surface area (TPSA) is 57.5 Å². The molecule has 142 valence electrons. The Balaban J connectivity index is 1.67. The van der Waals surface area contributed by atoms with Gasteiger partial charge in [-0.2, -0.15) is 0 Å². The lowest BCUT2D eigenvalue weighted by Crippen LogP contribution is -2.17. The fourth-order valence-corrected chi connectivity index (χ4v) is 4.53. The van der Waals surface area contributed by atoms with Gasteiger partial charge in [0.05, 0.1) is 6.10 Å². The van der Waals surface area contributed by atoms with Crippen molar-refractivity contribution >= 4 is 6.29 Å². The van der Waals surface area contributed by atoms with E-state index in [9.17, 15) is 9.90 Å². The normalized spacial score (nSPS) is 28.5. The smallest absolute Gasteiger partial charge is 0.119 e. The standard InChI is InChI=1S/C22H36O3/c23-13-9-5-3-1-2-4-8-12-20-21-16-18(11-7-6-10-14-24)15-19(21)17-22(20)25/h8,12-13,15,19-22,24-25H,1-7,9-11,14,16-17H2/t19-,20-,21-,22-/m1/s1. The summed E-state index contributed by atoms with van der Waals surface area (Å²) < 4.78 is 0. The van der Waals surface area contributed by atoms with Crippen LogP contribution in [0, 0.1) is 17.8 Å². The number of aldehydes is 1. The Morgan fingerprint density at radius 3 is 2.56 bits per heavy atom. The van der Waals surface area contributed by atoms with Gasteiger partial charge in [-0.25, -0.2) is 0 Å². The van der Waals surface area contributed by atoms with Crippen molar-refractivity contribution in [2.45, 2.75) is 83.2 Å². The third kappa shape index (κ3) is 6.71. The maximum atomic E-state index is 10.4. The number of fused-ring (bicyclic) bond motifs is 1. The van der Waals surface area contributed by atoms with E-state index >= 15 is 0 Å². The summed E-state index contributed by atoms with van der Waals surface area (Å²) in [4.78, 5) is 10.3. The third-order valence-electron chi connectivity index (χ3n) is 5.91. The molecule has 0 aliphatic heterocycles. The summed E-state index contributed by atoms with van der Waals surface area (Å²) in [5.41, 5.74) is 1.58. The maximum absolute atomic E-state index is 10.4. The second-order valence-corrected chi connectivity index (χ2v) is 7.86. The summed E-state index contributed by atoms with van der Waals surface area (Å²) in [7, 11) is 0. The first-order chi connectivity index (χ1) is 12.3. The van der Waals surface area contributed by atoms with Crippen molar-refractivity contribution in [3.05, 3.63) is 23.8 Å². The molecule has 2 aliphatic carbocycles. The van der Waals surface area contributed by atoms with Crippen molar-refractivity contribution < 1.29 is 15.0 Å². The monoisotopic (exact) mass is 348 g/mol. The van der Waals surface area contributed by atoms with Gasteiger partial charge in [-0.05, 0) is 63.2 Å². The quantitative estimate of drug-likeness (QED) is 0.291. The van der Waals surface area contributed by atoms with Crippen molar-refractivity contribution in [1.29, 1.82) is 0 Å². The zero-order valence-corrected chi connectivity index (χ0v) is 15.6. The lowest BCUT2D eigenvalue weighted by Gasteiger charge is -2.18. The molecular formula is C22H36O3. The third-order valence-corrected chi connectivity index (χ3v) is 5.91. The van der Waals surface area contributed by atoms with Crippen LogP contribution in [0.5, 0.6) is 0 Å². The minimum absolute atomic E-state index is 0.175. The van der Waals surface area contributed by atoms with Crippen molar-refractivity contribution in [2.24, 2.45) is 17.8 Å².